The molecule has 2 N–H and O–H groups in total. The third kappa shape index (κ3) is 4.33. The lowest BCUT2D eigenvalue weighted by molar-refractivity contribution is -0.143. The number of nitrogens with one attached hydrogen (secondary N) is 1. The molecule has 1 atom stereocenters. The quantitative estimate of drug-likeness (QED) is 0.802. The van der Waals surface area contributed by atoms with Gasteiger partial charge in [0.1, 0.15) is 0 Å². The molecule has 2 aliphatic rings. The van der Waals surface area contributed by atoms with Crippen LogP contribution < -0.4 is 5.32 Å². The Morgan fingerprint density at radius 1 is 1.33 bits per heavy atom. The van der Waals surface area contributed by atoms with E-state index in [9.17, 15) is 9.59 Å². The molecule has 7 nitrogen and oxygen atoms in total. The Labute approximate surface area is 123 Å². The topological polar surface area (TPSA) is 103 Å². The van der Waals surface area contributed by atoms with Gasteiger partial charge in [-0.25, -0.2) is 4.79 Å². The lowest BCUT2D eigenvalue weighted by Gasteiger charge is -2.31. The molecule has 2 fully saturated rings. The fourth-order valence-corrected chi connectivity index (χ4v) is 2.87. The summed E-state index contributed by atoms with van der Waals surface area (Å²) in [6, 6.07) is 1.84. The highest BCUT2D eigenvalue weighted by Gasteiger charge is 2.27. The van der Waals surface area contributed by atoms with Crippen LogP contribution in [0.1, 0.15) is 25.7 Å². The van der Waals surface area contributed by atoms with Gasteiger partial charge in [-0.15, -0.1) is 0 Å². The largest absolute Gasteiger partial charge is 0.481 e. The van der Waals surface area contributed by atoms with Crippen LogP contribution in [-0.4, -0.2) is 54.4 Å². The molecule has 0 aromatic heterocycles. The number of nitriles is 1. The summed E-state index contributed by atoms with van der Waals surface area (Å²) in [5.74, 6) is -0.599. The number of carbonyl (C=O) groups excluding carboxylic acids is 1. The molecule has 0 aromatic rings. The van der Waals surface area contributed by atoms with Gasteiger partial charge in [0.2, 0.25) is 0 Å². The second-order valence-corrected chi connectivity index (χ2v) is 5.68. The van der Waals surface area contributed by atoms with Gasteiger partial charge in [0.25, 0.3) is 0 Å². The Balaban J connectivity index is 1.70. The molecule has 0 radical (unpaired) electrons. The highest BCUT2D eigenvalue weighted by atomic mass is 16.5. The van der Waals surface area contributed by atoms with Crippen molar-refractivity contribution in [2.45, 2.75) is 31.8 Å². The number of hydrogen-bond acceptors (Lipinski definition) is 4. The molecule has 2 amide bonds. The van der Waals surface area contributed by atoms with E-state index >= 15 is 0 Å². The molecule has 7 heteroatoms. The number of morpholine rings is 1. The molecule has 1 aliphatic carbocycles. The van der Waals surface area contributed by atoms with Crippen molar-refractivity contribution < 1.29 is 19.4 Å². The third-order valence-electron chi connectivity index (χ3n) is 4.24. The maximum absolute atomic E-state index is 12.0. The molecular formula is C14H21N3O4. The Morgan fingerprint density at radius 2 is 2.05 bits per heavy atom. The molecule has 0 bridgehead atoms. The summed E-state index contributed by atoms with van der Waals surface area (Å²) in [6.45, 7) is 1.75. The molecule has 1 unspecified atom stereocenters. The molecule has 1 saturated heterocycles. The van der Waals surface area contributed by atoms with Crippen LogP contribution in [0.15, 0.2) is 0 Å². The van der Waals surface area contributed by atoms with E-state index in [1.54, 1.807) is 4.90 Å². The van der Waals surface area contributed by atoms with E-state index in [1.807, 2.05) is 6.07 Å². The van der Waals surface area contributed by atoms with Crippen molar-refractivity contribution >= 4 is 12.0 Å². The first-order chi connectivity index (χ1) is 10.1. The predicted octanol–water partition coefficient (Wildman–Crippen LogP) is 0.811. The number of urea groups is 1. The number of nitrogens with zero attached hydrogens (tertiary/aromatic N) is 2. The molecule has 21 heavy (non-hydrogen) atoms. The predicted molar refractivity (Wildman–Crippen MR) is 73.4 cm³/mol. The molecule has 116 valence electrons. The third-order valence-corrected chi connectivity index (χ3v) is 4.24. The van der Waals surface area contributed by atoms with Crippen molar-refractivity contribution in [2.24, 2.45) is 11.8 Å². The van der Waals surface area contributed by atoms with Crippen LogP contribution in [0.4, 0.5) is 4.79 Å². The van der Waals surface area contributed by atoms with Gasteiger partial charge >= 0.3 is 12.0 Å². The van der Waals surface area contributed by atoms with Crippen molar-refractivity contribution in [2.75, 3.05) is 26.2 Å². The smallest absolute Gasteiger partial charge is 0.317 e. The molecule has 1 saturated carbocycles. The van der Waals surface area contributed by atoms with Crippen LogP contribution in [0, 0.1) is 23.2 Å². The van der Waals surface area contributed by atoms with E-state index < -0.39 is 12.1 Å². The molecule has 1 heterocycles. The van der Waals surface area contributed by atoms with Gasteiger partial charge < -0.3 is 20.1 Å². The number of carboxylic acid groups (broad SMARTS) is 1. The average Bonchev–Trinajstić information content (AvgIpc) is 2.53. The summed E-state index contributed by atoms with van der Waals surface area (Å²) >= 11 is 0. The van der Waals surface area contributed by atoms with E-state index in [0.29, 0.717) is 45.0 Å². The minimum Gasteiger partial charge on any atom is -0.481 e. The van der Waals surface area contributed by atoms with Gasteiger partial charge in [-0.1, -0.05) is 0 Å². The number of aliphatic carboxylic acids is 1. The second kappa shape index (κ2) is 7.27. The summed E-state index contributed by atoms with van der Waals surface area (Å²) in [4.78, 5) is 24.5. The fourth-order valence-electron chi connectivity index (χ4n) is 2.87. The highest BCUT2D eigenvalue weighted by Crippen LogP contribution is 2.28. The molecule has 1 aliphatic heterocycles. The van der Waals surface area contributed by atoms with E-state index in [2.05, 4.69) is 5.32 Å². The zero-order valence-corrected chi connectivity index (χ0v) is 12.0. The first kappa shape index (κ1) is 15.6. The minimum absolute atomic E-state index is 0.168. The number of carboxylic acids is 1. The normalized spacial score (nSPS) is 29.5. The van der Waals surface area contributed by atoms with E-state index in [-0.39, 0.29) is 11.9 Å². The van der Waals surface area contributed by atoms with Crippen molar-refractivity contribution in [3.05, 3.63) is 0 Å². The maximum Gasteiger partial charge on any atom is 0.317 e. The molecule has 2 rings (SSSR count). The highest BCUT2D eigenvalue weighted by molar-refractivity contribution is 5.74. The van der Waals surface area contributed by atoms with Crippen molar-refractivity contribution in [3.63, 3.8) is 0 Å². The van der Waals surface area contributed by atoms with Gasteiger partial charge in [0, 0.05) is 13.1 Å². The summed E-state index contributed by atoms with van der Waals surface area (Å²) in [6.07, 6.45) is 2.49. The Morgan fingerprint density at radius 3 is 2.67 bits per heavy atom. The first-order valence-electron chi connectivity index (χ1n) is 7.37. The monoisotopic (exact) mass is 295 g/mol. The van der Waals surface area contributed by atoms with Crippen molar-refractivity contribution in [1.29, 1.82) is 5.26 Å². The number of carbonyl (C=O) groups is 2. The Kier molecular flexibility index (Phi) is 5.39. The zero-order valence-electron chi connectivity index (χ0n) is 12.0. The van der Waals surface area contributed by atoms with Gasteiger partial charge in [-0.3, -0.25) is 4.79 Å². The van der Waals surface area contributed by atoms with Gasteiger partial charge in [0.15, 0.2) is 6.10 Å². The van der Waals surface area contributed by atoms with Crippen LogP contribution >= 0.6 is 0 Å². The van der Waals surface area contributed by atoms with Crippen molar-refractivity contribution in [1.82, 2.24) is 10.2 Å². The molecular weight excluding hydrogens is 274 g/mol. The van der Waals surface area contributed by atoms with Crippen molar-refractivity contribution in [3.8, 4) is 6.07 Å². The lowest BCUT2D eigenvalue weighted by atomic mass is 9.82. The molecule has 0 aromatic carbocycles. The van der Waals surface area contributed by atoms with Crippen LogP contribution in [0.25, 0.3) is 0 Å². The van der Waals surface area contributed by atoms with Gasteiger partial charge in [-0.2, -0.15) is 5.26 Å². The Hall–Kier alpha value is -1.81. The first-order valence-corrected chi connectivity index (χ1v) is 7.37. The number of amides is 2. The minimum atomic E-state index is -0.714. The van der Waals surface area contributed by atoms with E-state index in [0.717, 1.165) is 12.8 Å². The number of rotatable bonds is 3. The van der Waals surface area contributed by atoms with Gasteiger partial charge in [-0.05, 0) is 31.6 Å². The van der Waals surface area contributed by atoms with Crippen LogP contribution in [0.2, 0.25) is 0 Å². The summed E-state index contributed by atoms with van der Waals surface area (Å²) in [5, 5.41) is 20.6. The molecule has 0 spiro atoms. The summed E-state index contributed by atoms with van der Waals surface area (Å²) < 4.78 is 5.20. The lowest BCUT2D eigenvalue weighted by Crippen LogP contribution is -2.50. The van der Waals surface area contributed by atoms with E-state index in [4.69, 9.17) is 15.1 Å². The second-order valence-electron chi connectivity index (χ2n) is 5.68. The Bertz CT molecular complexity index is 426. The SMILES string of the molecule is N#CC1CN(C(=O)NCC2CCC(C(=O)O)CC2)CCO1. The van der Waals surface area contributed by atoms with Crippen LogP contribution in [-0.2, 0) is 9.53 Å². The summed E-state index contributed by atoms with van der Waals surface area (Å²) in [5.41, 5.74) is 0. The number of hydrogen-bond donors (Lipinski definition) is 2. The van der Waals surface area contributed by atoms with Crippen LogP contribution in [0.3, 0.4) is 0 Å². The maximum atomic E-state index is 12.0. The zero-order chi connectivity index (χ0) is 15.2. The standard InChI is InChI=1S/C14H21N3O4/c15-7-12-9-17(5-6-21-12)14(20)16-8-10-1-3-11(4-2-10)13(18)19/h10-12H,1-6,8-9H2,(H,16,20)(H,18,19). The van der Waals surface area contributed by atoms with E-state index in [1.165, 1.54) is 0 Å². The summed E-state index contributed by atoms with van der Waals surface area (Å²) in [7, 11) is 0. The van der Waals surface area contributed by atoms with Crippen LogP contribution in [0.5, 0.6) is 0 Å². The van der Waals surface area contributed by atoms with Gasteiger partial charge in [0.05, 0.1) is 25.1 Å². The average molecular weight is 295 g/mol. The fraction of sp³-hybridized carbons (Fsp3) is 0.786. The number of ether oxygens (including phenoxy) is 1.